The molecule has 2 bridgehead atoms. The Kier molecular flexibility index (Phi) is 2.50. The number of piperidine rings is 1. The number of carbonyl (C=O) groups is 1. The van der Waals surface area contributed by atoms with Crippen molar-refractivity contribution in [3.63, 3.8) is 0 Å². The van der Waals surface area contributed by atoms with E-state index in [1.54, 1.807) is 11.9 Å². The molecule has 2 N–H and O–H groups in total. The van der Waals surface area contributed by atoms with Gasteiger partial charge in [-0.2, -0.15) is 0 Å². The van der Waals surface area contributed by atoms with E-state index in [-0.39, 0.29) is 17.3 Å². The number of phenolic OH excluding ortho intramolecular Hbond substituents is 1. The van der Waals surface area contributed by atoms with Gasteiger partial charge in [-0.15, -0.1) is 0 Å². The third kappa shape index (κ3) is 1.30. The number of aromatic hydroxyl groups is 1. The second kappa shape index (κ2) is 4.20. The molecule has 1 saturated heterocycles. The lowest BCUT2D eigenvalue weighted by Gasteiger charge is -2.56. The van der Waals surface area contributed by atoms with Crippen molar-refractivity contribution in [3.05, 3.63) is 45.5 Å². The van der Waals surface area contributed by atoms with Gasteiger partial charge in [-0.3, -0.25) is 19.8 Å². The standard InChI is InChI=1S/C17H16N2O6/c1-18-7-6-16-11-8-2-3-9(20)13(11)25-15(16)10(21)4-5-17(16,19(23)24)14(18)12(8)22/h2-5,10,14-15,20-21H,6-7H2,1H3/t10-,14+,15-,16-,17+/m0/s1. The number of hydrogen-bond donors (Lipinski definition) is 2. The van der Waals surface area contributed by atoms with E-state index in [0.29, 0.717) is 24.1 Å². The lowest BCUT2D eigenvalue weighted by atomic mass is 9.49. The van der Waals surface area contributed by atoms with Gasteiger partial charge in [0.1, 0.15) is 23.7 Å². The quantitative estimate of drug-likeness (QED) is 0.426. The molecule has 4 aliphatic rings. The van der Waals surface area contributed by atoms with Gasteiger partial charge in [-0.25, -0.2) is 0 Å². The van der Waals surface area contributed by atoms with E-state index in [2.05, 4.69) is 0 Å². The minimum absolute atomic E-state index is 0.0906. The number of nitrogens with zero attached hydrogens (tertiary/aromatic N) is 2. The van der Waals surface area contributed by atoms with Crippen LogP contribution in [0.25, 0.3) is 0 Å². The van der Waals surface area contributed by atoms with E-state index in [1.807, 2.05) is 0 Å². The SMILES string of the molecule is CN1CC[C@]23c4c5ccc(O)c4O[C@H]2[C@@H](O)C=C[C@@]3([N+](=O)[O-])[C@H]1C5=O. The number of ether oxygens (including phenoxy) is 1. The third-order valence-corrected chi connectivity index (χ3v) is 6.42. The van der Waals surface area contributed by atoms with Crippen LogP contribution in [-0.2, 0) is 5.41 Å². The average molecular weight is 344 g/mol. The number of aliphatic hydroxyl groups excluding tert-OH is 1. The molecule has 130 valence electrons. The fraction of sp³-hybridized carbons (Fsp3) is 0.471. The number of likely N-dealkylation sites (N-methyl/N-ethyl adjacent to an activating group) is 1. The molecule has 2 aliphatic carbocycles. The van der Waals surface area contributed by atoms with Crippen molar-refractivity contribution in [1.82, 2.24) is 4.90 Å². The Morgan fingerprint density at radius 2 is 2.20 bits per heavy atom. The van der Waals surface area contributed by atoms with E-state index in [0.717, 1.165) is 0 Å². The molecule has 8 nitrogen and oxygen atoms in total. The molecule has 0 amide bonds. The van der Waals surface area contributed by atoms with E-state index < -0.39 is 34.1 Å². The van der Waals surface area contributed by atoms with Crippen molar-refractivity contribution in [2.45, 2.75) is 35.6 Å². The maximum absolute atomic E-state index is 13.2. The monoisotopic (exact) mass is 344 g/mol. The van der Waals surface area contributed by atoms with Gasteiger partial charge in [0, 0.05) is 22.6 Å². The Bertz CT molecular complexity index is 882. The summed E-state index contributed by atoms with van der Waals surface area (Å²) in [6.07, 6.45) is 1.11. The molecule has 1 spiro atoms. The Morgan fingerprint density at radius 3 is 2.92 bits per heavy atom. The van der Waals surface area contributed by atoms with Gasteiger partial charge in [0.2, 0.25) is 0 Å². The molecular weight excluding hydrogens is 328 g/mol. The number of ketones is 1. The highest BCUT2D eigenvalue weighted by molar-refractivity contribution is 6.06. The smallest absolute Gasteiger partial charge is 0.276 e. The summed E-state index contributed by atoms with van der Waals surface area (Å²) < 4.78 is 5.85. The molecule has 8 heteroatoms. The molecule has 25 heavy (non-hydrogen) atoms. The van der Waals surface area contributed by atoms with Crippen LogP contribution in [0, 0.1) is 10.1 Å². The van der Waals surface area contributed by atoms with Crippen molar-refractivity contribution in [2.24, 2.45) is 0 Å². The number of benzene rings is 1. The molecular formula is C17H16N2O6. The summed E-state index contributed by atoms with van der Waals surface area (Å²) >= 11 is 0. The van der Waals surface area contributed by atoms with Gasteiger partial charge < -0.3 is 14.9 Å². The molecule has 1 aromatic rings. The first-order valence-corrected chi connectivity index (χ1v) is 8.16. The fourth-order valence-electron chi connectivity index (χ4n) is 5.48. The largest absolute Gasteiger partial charge is 0.504 e. The number of carbonyl (C=O) groups excluding carboxylic acids is 1. The van der Waals surface area contributed by atoms with E-state index >= 15 is 0 Å². The first-order chi connectivity index (χ1) is 11.9. The summed E-state index contributed by atoms with van der Waals surface area (Å²) in [6.45, 7) is 0.459. The Hall–Kier alpha value is -2.45. The zero-order valence-electron chi connectivity index (χ0n) is 13.4. The van der Waals surface area contributed by atoms with Crippen LogP contribution in [0.5, 0.6) is 11.5 Å². The highest BCUT2D eigenvalue weighted by Crippen LogP contribution is 2.64. The normalized spacial score (nSPS) is 40.6. The molecule has 0 radical (unpaired) electrons. The molecule has 5 atom stereocenters. The van der Waals surface area contributed by atoms with Crippen molar-refractivity contribution < 1.29 is 24.7 Å². The summed E-state index contributed by atoms with van der Waals surface area (Å²) in [7, 11) is 1.71. The van der Waals surface area contributed by atoms with Gasteiger partial charge in [-0.1, -0.05) is 0 Å². The van der Waals surface area contributed by atoms with Gasteiger partial charge in [0.05, 0.1) is 0 Å². The Morgan fingerprint density at radius 1 is 1.44 bits per heavy atom. The zero-order chi connectivity index (χ0) is 17.7. The van der Waals surface area contributed by atoms with Crippen LogP contribution in [0.3, 0.4) is 0 Å². The lowest BCUT2D eigenvalue weighted by Crippen LogP contribution is -2.79. The second-order valence-corrected chi connectivity index (χ2v) is 7.28. The third-order valence-electron chi connectivity index (χ3n) is 6.42. The van der Waals surface area contributed by atoms with Crippen LogP contribution in [0.4, 0.5) is 0 Å². The van der Waals surface area contributed by atoms with Crippen LogP contribution >= 0.6 is 0 Å². The summed E-state index contributed by atoms with van der Waals surface area (Å²) in [4.78, 5) is 26.8. The minimum atomic E-state index is -1.73. The van der Waals surface area contributed by atoms with Crippen LogP contribution in [0.1, 0.15) is 22.3 Å². The number of Topliss-reactive ketones (excluding diaryl/α,β-unsaturated/α-hetero) is 1. The van der Waals surface area contributed by atoms with Crippen molar-refractivity contribution >= 4 is 5.78 Å². The van der Waals surface area contributed by atoms with Gasteiger partial charge in [0.25, 0.3) is 5.54 Å². The fourth-order valence-corrected chi connectivity index (χ4v) is 5.48. The first kappa shape index (κ1) is 14.9. The molecule has 1 fully saturated rings. The predicted molar refractivity (Wildman–Crippen MR) is 84.4 cm³/mol. The topological polar surface area (TPSA) is 113 Å². The number of nitro groups is 1. The summed E-state index contributed by atoms with van der Waals surface area (Å²) in [5.41, 5.74) is -2.19. The number of hydrogen-bond acceptors (Lipinski definition) is 7. The highest BCUT2D eigenvalue weighted by Gasteiger charge is 2.80. The predicted octanol–water partition coefficient (Wildman–Crippen LogP) is 0.238. The van der Waals surface area contributed by atoms with Crippen LogP contribution in [0.15, 0.2) is 24.3 Å². The van der Waals surface area contributed by atoms with Crippen LogP contribution in [0.2, 0.25) is 0 Å². The van der Waals surface area contributed by atoms with Crippen LogP contribution in [-0.4, -0.2) is 63.2 Å². The van der Waals surface area contributed by atoms with Crippen molar-refractivity contribution in [1.29, 1.82) is 0 Å². The maximum Gasteiger partial charge on any atom is 0.276 e. The minimum Gasteiger partial charge on any atom is -0.504 e. The first-order valence-electron chi connectivity index (χ1n) is 8.16. The molecule has 0 saturated carbocycles. The number of phenols is 1. The van der Waals surface area contributed by atoms with E-state index in [4.69, 9.17) is 4.74 Å². The molecule has 2 aliphatic heterocycles. The number of rotatable bonds is 1. The number of likely N-dealkylation sites (tertiary alicyclic amines) is 1. The Labute approximate surface area is 142 Å². The molecule has 1 aromatic carbocycles. The van der Waals surface area contributed by atoms with Gasteiger partial charge in [0.15, 0.2) is 17.3 Å². The van der Waals surface area contributed by atoms with E-state index in [1.165, 1.54) is 24.3 Å². The average Bonchev–Trinajstić information content (AvgIpc) is 2.92. The summed E-state index contributed by atoms with van der Waals surface area (Å²) in [5, 5.41) is 33.1. The molecule has 0 unspecified atom stereocenters. The molecule has 5 rings (SSSR count). The van der Waals surface area contributed by atoms with Crippen molar-refractivity contribution in [2.75, 3.05) is 13.6 Å². The zero-order valence-corrected chi connectivity index (χ0v) is 13.4. The Balaban J connectivity index is 1.98. The second-order valence-electron chi connectivity index (χ2n) is 7.28. The summed E-state index contributed by atoms with van der Waals surface area (Å²) in [5.74, 6) is -0.430. The lowest BCUT2D eigenvalue weighted by molar-refractivity contribution is -0.582. The molecule has 0 aromatic heterocycles. The van der Waals surface area contributed by atoms with Gasteiger partial charge >= 0.3 is 0 Å². The molecule has 2 heterocycles. The van der Waals surface area contributed by atoms with Crippen molar-refractivity contribution in [3.8, 4) is 11.5 Å². The maximum atomic E-state index is 13.2. The van der Waals surface area contributed by atoms with Crippen LogP contribution < -0.4 is 4.74 Å². The van der Waals surface area contributed by atoms with Gasteiger partial charge in [-0.05, 0) is 37.8 Å². The van der Waals surface area contributed by atoms with E-state index in [9.17, 15) is 25.1 Å². The number of aliphatic hydroxyl groups is 1. The summed E-state index contributed by atoms with van der Waals surface area (Å²) in [6, 6.07) is 1.90. The highest BCUT2D eigenvalue weighted by atomic mass is 16.6.